The van der Waals surface area contributed by atoms with Crippen molar-refractivity contribution in [3.63, 3.8) is 0 Å². The molecule has 0 aliphatic carbocycles. The zero-order chi connectivity index (χ0) is 6.62. The summed E-state index contributed by atoms with van der Waals surface area (Å²) in [6.07, 6.45) is 0. The average Bonchev–Trinajstić information content (AvgIpc) is 1.59. The fourth-order valence-corrected chi connectivity index (χ4v) is 1.02. The van der Waals surface area contributed by atoms with Crippen LogP contribution in [0, 0.1) is 0 Å². The number of nitrogens with one attached hydrogen (secondary N) is 1. The molecule has 1 nitrogen and oxygen atoms in total. The minimum atomic E-state index is 0.267. The molecule has 50 valence electrons. The molecule has 0 aromatic carbocycles. The van der Waals surface area contributed by atoms with Gasteiger partial charge in [-0.2, -0.15) is 0 Å². The summed E-state index contributed by atoms with van der Waals surface area (Å²) in [5.74, 6) is 1.01. The van der Waals surface area contributed by atoms with Gasteiger partial charge in [-0.3, -0.25) is 0 Å². The van der Waals surface area contributed by atoms with Gasteiger partial charge >= 0.3 is 0 Å². The summed E-state index contributed by atoms with van der Waals surface area (Å²) >= 11 is 1.73. The van der Waals surface area contributed by atoms with Crippen molar-refractivity contribution in [2.45, 2.75) is 26.3 Å². The molecule has 0 aliphatic heterocycles. The lowest BCUT2D eigenvalue weighted by molar-refractivity contribution is 0.462. The number of rotatable bonds is 2. The van der Waals surface area contributed by atoms with Crippen LogP contribution in [0.2, 0.25) is 0 Å². The van der Waals surface area contributed by atoms with Crippen molar-refractivity contribution in [3.8, 4) is 0 Å². The normalized spacial score (nSPS) is 12.0. The van der Waals surface area contributed by atoms with Crippen molar-refractivity contribution in [2.75, 3.05) is 5.88 Å². The SMILES string of the molecule is CC(C)(C)NCSP. The molecule has 0 radical (unpaired) electrons. The molecule has 0 heterocycles. The van der Waals surface area contributed by atoms with E-state index in [4.69, 9.17) is 0 Å². The highest BCUT2D eigenvalue weighted by Crippen LogP contribution is 2.09. The van der Waals surface area contributed by atoms with Gasteiger partial charge in [0.2, 0.25) is 0 Å². The minimum absolute atomic E-state index is 0.267. The van der Waals surface area contributed by atoms with Gasteiger partial charge in [-0.25, -0.2) is 0 Å². The third-order valence-electron chi connectivity index (χ3n) is 0.686. The highest BCUT2D eigenvalue weighted by Gasteiger charge is 2.05. The number of hydrogen-bond acceptors (Lipinski definition) is 2. The molecule has 0 bridgehead atoms. The lowest BCUT2D eigenvalue weighted by Crippen LogP contribution is -2.34. The molecule has 0 spiro atoms. The predicted molar refractivity (Wildman–Crippen MR) is 45.1 cm³/mol. The van der Waals surface area contributed by atoms with E-state index in [1.165, 1.54) is 0 Å². The van der Waals surface area contributed by atoms with Crippen molar-refractivity contribution in [3.05, 3.63) is 0 Å². The van der Waals surface area contributed by atoms with Gasteiger partial charge in [0.15, 0.2) is 0 Å². The van der Waals surface area contributed by atoms with Gasteiger partial charge in [0.05, 0.1) is 0 Å². The van der Waals surface area contributed by atoms with E-state index < -0.39 is 0 Å². The Morgan fingerprint density at radius 3 is 2.12 bits per heavy atom. The van der Waals surface area contributed by atoms with Gasteiger partial charge in [-0.15, -0.1) is 11.4 Å². The predicted octanol–water partition coefficient (Wildman–Crippen LogP) is 1.86. The zero-order valence-electron chi connectivity index (χ0n) is 5.69. The van der Waals surface area contributed by atoms with Crippen LogP contribution in [0.5, 0.6) is 0 Å². The largest absolute Gasteiger partial charge is 0.303 e. The fourth-order valence-electron chi connectivity index (χ4n) is 0.258. The van der Waals surface area contributed by atoms with Crippen LogP contribution in [0.15, 0.2) is 0 Å². The first-order valence-electron chi connectivity index (χ1n) is 2.63. The maximum absolute atomic E-state index is 3.31. The monoisotopic (exact) mass is 151 g/mol. The molecule has 0 aromatic heterocycles. The smallest absolute Gasteiger partial charge is 0.0458 e. The summed E-state index contributed by atoms with van der Waals surface area (Å²) in [7, 11) is 2.61. The van der Waals surface area contributed by atoms with Gasteiger partial charge in [-0.1, -0.05) is 8.44 Å². The minimum Gasteiger partial charge on any atom is -0.303 e. The topological polar surface area (TPSA) is 12.0 Å². The van der Waals surface area contributed by atoms with Gasteiger partial charge in [0.1, 0.15) is 0 Å². The summed E-state index contributed by atoms with van der Waals surface area (Å²) in [5.41, 5.74) is 0.267. The van der Waals surface area contributed by atoms with Crippen LogP contribution in [-0.2, 0) is 0 Å². The Balaban J connectivity index is 3.11. The highest BCUT2D eigenvalue weighted by molar-refractivity contribution is 8.43. The molecule has 0 aromatic rings. The zero-order valence-corrected chi connectivity index (χ0v) is 7.66. The Kier molecular flexibility index (Phi) is 4.05. The Morgan fingerprint density at radius 2 is 2.00 bits per heavy atom. The second kappa shape index (κ2) is 3.71. The molecule has 0 amide bonds. The van der Waals surface area contributed by atoms with E-state index in [0.717, 1.165) is 5.88 Å². The Labute approximate surface area is 58.0 Å². The molecule has 1 N–H and O–H groups in total. The van der Waals surface area contributed by atoms with Gasteiger partial charge in [0, 0.05) is 11.4 Å². The van der Waals surface area contributed by atoms with E-state index in [1.807, 2.05) is 0 Å². The maximum Gasteiger partial charge on any atom is 0.0458 e. The third-order valence-corrected chi connectivity index (χ3v) is 1.50. The van der Waals surface area contributed by atoms with E-state index in [0.29, 0.717) is 0 Å². The van der Waals surface area contributed by atoms with Crippen LogP contribution >= 0.6 is 19.8 Å². The lowest BCUT2D eigenvalue weighted by Gasteiger charge is -2.18. The van der Waals surface area contributed by atoms with E-state index in [9.17, 15) is 0 Å². The summed E-state index contributed by atoms with van der Waals surface area (Å²) in [4.78, 5) is 0. The van der Waals surface area contributed by atoms with E-state index in [-0.39, 0.29) is 5.54 Å². The molecule has 3 heteroatoms. The molecular weight excluding hydrogens is 137 g/mol. The summed E-state index contributed by atoms with van der Waals surface area (Å²) in [6.45, 7) is 6.48. The van der Waals surface area contributed by atoms with E-state index in [1.54, 1.807) is 11.4 Å². The molecule has 0 aliphatic rings. The highest BCUT2D eigenvalue weighted by atomic mass is 32.7. The van der Waals surface area contributed by atoms with Crippen LogP contribution < -0.4 is 5.32 Å². The van der Waals surface area contributed by atoms with Gasteiger partial charge in [0.25, 0.3) is 0 Å². The third kappa shape index (κ3) is 6.74. The van der Waals surface area contributed by atoms with Crippen LogP contribution in [-0.4, -0.2) is 11.4 Å². The molecule has 0 saturated heterocycles. The van der Waals surface area contributed by atoms with E-state index >= 15 is 0 Å². The van der Waals surface area contributed by atoms with Gasteiger partial charge in [-0.05, 0) is 20.8 Å². The first kappa shape index (κ1) is 8.74. The summed E-state index contributed by atoms with van der Waals surface area (Å²) < 4.78 is 0. The van der Waals surface area contributed by atoms with Crippen molar-refractivity contribution in [1.82, 2.24) is 5.32 Å². The van der Waals surface area contributed by atoms with E-state index in [2.05, 4.69) is 34.5 Å². The van der Waals surface area contributed by atoms with Crippen LogP contribution in [0.25, 0.3) is 0 Å². The van der Waals surface area contributed by atoms with Crippen LogP contribution in [0.3, 0.4) is 0 Å². The van der Waals surface area contributed by atoms with Crippen molar-refractivity contribution >= 4 is 19.8 Å². The lowest BCUT2D eigenvalue weighted by atomic mass is 10.1. The molecule has 0 fully saturated rings. The Morgan fingerprint density at radius 1 is 1.50 bits per heavy atom. The standard InChI is InChI=1S/C5H14NPS/c1-5(2,3)6-4-8-7/h6H,4,7H2,1-3H3. The maximum atomic E-state index is 3.31. The molecule has 8 heavy (non-hydrogen) atoms. The summed E-state index contributed by atoms with van der Waals surface area (Å²) in [6, 6.07) is 0. The molecule has 0 rings (SSSR count). The number of hydrogen-bond donors (Lipinski definition) is 1. The summed E-state index contributed by atoms with van der Waals surface area (Å²) in [5, 5.41) is 3.31. The van der Waals surface area contributed by atoms with Crippen LogP contribution in [0.4, 0.5) is 0 Å². The quantitative estimate of drug-likeness (QED) is 0.477. The fraction of sp³-hybridized carbons (Fsp3) is 1.00. The van der Waals surface area contributed by atoms with Crippen molar-refractivity contribution < 1.29 is 0 Å². The average molecular weight is 151 g/mol. The second-order valence-corrected chi connectivity index (χ2v) is 4.36. The van der Waals surface area contributed by atoms with Gasteiger partial charge < -0.3 is 5.32 Å². The first-order chi connectivity index (χ1) is 3.56. The molecule has 1 unspecified atom stereocenters. The van der Waals surface area contributed by atoms with Crippen molar-refractivity contribution in [2.24, 2.45) is 0 Å². The Hall–Kier alpha value is 0.740. The van der Waals surface area contributed by atoms with Crippen LogP contribution in [0.1, 0.15) is 20.8 Å². The molecule has 1 atom stereocenters. The molecular formula is C5H14NPS. The molecule has 0 saturated carbocycles. The Bertz CT molecular complexity index is 59.9. The first-order valence-corrected chi connectivity index (χ1v) is 5.09. The second-order valence-electron chi connectivity index (χ2n) is 2.74. The van der Waals surface area contributed by atoms with Crippen molar-refractivity contribution in [1.29, 1.82) is 0 Å².